The molecular formula is C19H22FN3O3S. The Morgan fingerprint density at radius 1 is 1.07 bits per heavy atom. The van der Waals surface area contributed by atoms with E-state index in [4.69, 9.17) is 0 Å². The predicted molar refractivity (Wildman–Crippen MR) is 101 cm³/mol. The molecule has 1 atom stereocenters. The summed E-state index contributed by atoms with van der Waals surface area (Å²) in [5.41, 5.74) is 1.42. The Kier molecular flexibility index (Phi) is 5.59. The smallest absolute Gasteiger partial charge is 0.243 e. The number of halogens is 1. The lowest BCUT2D eigenvalue weighted by atomic mass is 10.0. The van der Waals surface area contributed by atoms with Crippen LogP contribution in [0, 0.1) is 5.82 Å². The monoisotopic (exact) mass is 391 g/mol. The number of nitrogens with zero attached hydrogens (tertiary/aromatic N) is 2. The van der Waals surface area contributed by atoms with Crippen molar-refractivity contribution in [1.82, 2.24) is 9.21 Å². The maximum Gasteiger partial charge on any atom is 0.243 e. The molecule has 6 nitrogen and oxygen atoms in total. The van der Waals surface area contributed by atoms with Gasteiger partial charge >= 0.3 is 0 Å². The number of likely N-dealkylation sites (N-methyl/N-ethyl adjacent to an activating group) is 1. The highest BCUT2D eigenvalue weighted by atomic mass is 32.2. The molecule has 144 valence electrons. The number of piperazine rings is 1. The second kappa shape index (κ2) is 7.75. The number of nitrogens with one attached hydrogen (secondary N) is 1. The summed E-state index contributed by atoms with van der Waals surface area (Å²) in [5.74, 6) is -0.534. The molecule has 0 spiro atoms. The van der Waals surface area contributed by atoms with Gasteiger partial charge in [-0.1, -0.05) is 12.1 Å². The summed E-state index contributed by atoms with van der Waals surface area (Å²) in [6.45, 7) is 2.64. The predicted octanol–water partition coefficient (Wildman–Crippen LogP) is 2.46. The largest absolute Gasteiger partial charge is 0.326 e. The van der Waals surface area contributed by atoms with Gasteiger partial charge in [0.1, 0.15) is 5.82 Å². The van der Waals surface area contributed by atoms with Crippen LogP contribution in [0.4, 0.5) is 10.1 Å². The summed E-state index contributed by atoms with van der Waals surface area (Å²) in [6.07, 6.45) is 0. The molecule has 1 aliphatic heterocycles. The Morgan fingerprint density at radius 2 is 1.70 bits per heavy atom. The van der Waals surface area contributed by atoms with Gasteiger partial charge in [-0.15, -0.1) is 0 Å². The van der Waals surface area contributed by atoms with E-state index in [1.54, 1.807) is 24.3 Å². The number of rotatable bonds is 4. The first kappa shape index (κ1) is 19.5. The Labute approximate surface area is 158 Å². The van der Waals surface area contributed by atoms with Crippen molar-refractivity contribution in [3.05, 3.63) is 59.9 Å². The van der Waals surface area contributed by atoms with Gasteiger partial charge in [-0.2, -0.15) is 4.31 Å². The second-order valence-electron chi connectivity index (χ2n) is 6.62. The third-order valence-corrected chi connectivity index (χ3v) is 6.56. The quantitative estimate of drug-likeness (QED) is 0.869. The fourth-order valence-electron chi connectivity index (χ4n) is 3.17. The number of amides is 1. The van der Waals surface area contributed by atoms with Gasteiger partial charge in [0.25, 0.3) is 0 Å². The molecule has 0 bridgehead atoms. The Balaban J connectivity index is 1.81. The van der Waals surface area contributed by atoms with Crippen LogP contribution in [0.3, 0.4) is 0 Å². The molecule has 1 amide bonds. The molecule has 1 unspecified atom stereocenters. The lowest BCUT2D eigenvalue weighted by Crippen LogP contribution is -2.48. The molecule has 2 aromatic carbocycles. The van der Waals surface area contributed by atoms with E-state index < -0.39 is 10.0 Å². The number of anilines is 1. The molecule has 27 heavy (non-hydrogen) atoms. The average Bonchev–Trinajstić information content (AvgIpc) is 2.63. The zero-order valence-electron chi connectivity index (χ0n) is 15.2. The van der Waals surface area contributed by atoms with E-state index in [0.29, 0.717) is 18.8 Å². The fourth-order valence-corrected chi connectivity index (χ4v) is 4.61. The van der Waals surface area contributed by atoms with Gasteiger partial charge in [0.15, 0.2) is 0 Å². The van der Waals surface area contributed by atoms with Gasteiger partial charge in [-0.3, -0.25) is 9.69 Å². The first-order valence-electron chi connectivity index (χ1n) is 8.61. The lowest BCUT2D eigenvalue weighted by molar-refractivity contribution is -0.114. The second-order valence-corrected chi connectivity index (χ2v) is 8.55. The van der Waals surface area contributed by atoms with Crippen LogP contribution in [-0.2, 0) is 14.8 Å². The van der Waals surface area contributed by atoms with E-state index >= 15 is 0 Å². The standard InChI is InChI=1S/C19H22FN3O3S/c1-14(24)21-17-7-9-18(10-8-17)27(25,26)23-12-11-22(2)19(13-23)15-3-5-16(20)6-4-15/h3-10,19H,11-13H2,1-2H3,(H,21,24). The van der Waals surface area contributed by atoms with Crippen molar-refractivity contribution in [2.24, 2.45) is 0 Å². The van der Waals surface area contributed by atoms with Crippen LogP contribution in [0.2, 0.25) is 0 Å². The van der Waals surface area contributed by atoms with Crippen molar-refractivity contribution in [3.63, 3.8) is 0 Å². The van der Waals surface area contributed by atoms with Crippen molar-refractivity contribution in [1.29, 1.82) is 0 Å². The molecular weight excluding hydrogens is 369 g/mol. The zero-order valence-corrected chi connectivity index (χ0v) is 16.0. The van der Waals surface area contributed by atoms with E-state index in [0.717, 1.165) is 5.56 Å². The molecule has 0 aromatic heterocycles. The maximum absolute atomic E-state index is 13.2. The summed E-state index contributed by atoms with van der Waals surface area (Å²) in [4.78, 5) is 13.3. The summed E-state index contributed by atoms with van der Waals surface area (Å²) >= 11 is 0. The Morgan fingerprint density at radius 3 is 2.30 bits per heavy atom. The van der Waals surface area contributed by atoms with Crippen molar-refractivity contribution in [2.75, 3.05) is 32.0 Å². The third kappa shape index (κ3) is 4.35. The average molecular weight is 391 g/mol. The summed E-state index contributed by atoms with van der Waals surface area (Å²) in [6, 6.07) is 12.1. The van der Waals surface area contributed by atoms with E-state index in [1.807, 2.05) is 7.05 Å². The van der Waals surface area contributed by atoms with Crippen LogP contribution < -0.4 is 5.32 Å². The van der Waals surface area contributed by atoms with Gasteiger partial charge in [0.2, 0.25) is 15.9 Å². The van der Waals surface area contributed by atoms with Gasteiger partial charge in [0, 0.05) is 38.3 Å². The number of hydrogen-bond acceptors (Lipinski definition) is 4. The SMILES string of the molecule is CC(=O)Nc1ccc(S(=O)(=O)N2CCN(C)C(c3ccc(F)cc3)C2)cc1. The van der Waals surface area contributed by atoms with Crippen LogP contribution in [-0.4, -0.2) is 50.2 Å². The van der Waals surface area contributed by atoms with Crippen LogP contribution in [0.25, 0.3) is 0 Å². The molecule has 0 aliphatic carbocycles. The highest BCUT2D eigenvalue weighted by Gasteiger charge is 2.33. The summed E-state index contributed by atoms with van der Waals surface area (Å²) in [7, 11) is -1.73. The first-order valence-corrected chi connectivity index (χ1v) is 10.0. The first-order chi connectivity index (χ1) is 12.8. The fraction of sp³-hybridized carbons (Fsp3) is 0.316. The van der Waals surface area contributed by atoms with Crippen LogP contribution in [0.1, 0.15) is 18.5 Å². The Hall–Kier alpha value is -2.29. The van der Waals surface area contributed by atoms with E-state index in [-0.39, 0.29) is 29.2 Å². The van der Waals surface area contributed by atoms with Crippen molar-refractivity contribution >= 4 is 21.6 Å². The van der Waals surface area contributed by atoms with Crippen molar-refractivity contribution < 1.29 is 17.6 Å². The summed E-state index contributed by atoms with van der Waals surface area (Å²) in [5, 5.41) is 2.62. The zero-order chi connectivity index (χ0) is 19.6. The molecule has 3 rings (SSSR count). The van der Waals surface area contributed by atoms with Crippen molar-refractivity contribution in [2.45, 2.75) is 17.9 Å². The van der Waals surface area contributed by atoms with Gasteiger partial charge in [-0.05, 0) is 49.0 Å². The minimum absolute atomic E-state index is 0.146. The van der Waals surface area contributed by atoms with Gasteiger partial charge in [-0.25, -0.2) is 12.8 Å². The van der Waals surface area contributed by atoms with Crippen molar-refractivity contribution in [3.8, 4) is 0 Å². The molecule has 2 aromatic rings. The van der Waals surface area contributed by atoms with Crippen LogP contribution in [0.5, 0.6) is 0 Å². The highest BCUT2D eigenvalue weighted by molar-refractivity contribution is 7.89. The molecule has 1 fully saturated rings. The summed E-state index contributed by atoms with van der Waals surface area (Å²) < 4.78 is 40.7. The van der Waals surface area contributed by atoms with Crippen LogP contribution in [0.15, 0.2) is 53.4 Å². The van der Waals surface area contributed by atoms with Gasteiger partial charge in [0.05, 0.1) is 4.90 Å². The topological polar surface area (TPSA) is 69.7 Å². The van der Waals surface area contributed by atoms with E-state index in [1.165, 1.54) is 35.5 Å². The lowest BCUT2D eigenvalue weighted by Gasteiger charge is -2.39. The molecule has 0 radical (unpaired) electrons. The van der Waals surface area contributed by atoms with E-state index in [9.17, 15) is 17.6 Å². The van der Waals surface area contributed by atoms with Crippen LogP contribution >= 0.6 is 0 Å². The number of benzene rings is 2. The maximum atomic E-state index is 13.2. The molecule has 0 saturated carbocycles. The minimum Gasteiger partial charge on any atom is -0.326 e. The third-order valence-electron chi connectivity index (χ3n) is 4.68. The highest BCUT2D eigenvalue weighted by Crippen LogP contribution is 2.28. The molecule has 1 heterocycles. The number of hydrogen-bond donors (Lipinski definition) is 1. The molecule has 1 saturated heterocycles. The Bertz CT molecular complexity index is 914. The normalized spacial score (nSPS) is 19.0. The van der Waals surface area contributed by atoms with Gasteiger partial charge < -0.3 is 5.32 Å². The molecule has 1 aliphatic rings. The molecule has 8 heteroatoms. The molecule has 1 N–H and O–H groups in total. The number of sulfonamides is 1. The number of carbonyl (C=O) groups excluding carboxylic acids is 1. The number of carbonyl (C=O) groups is 1. The van der Waals surface area contributed by atoms with E-state index in [2.05, 4.69) is 10.2 Å². The minimum atomic E-state index is -3.66.